The lowest BCUT2D eigenvalue weighted by atomic mass is 9.88. The molecule has 0 aliphatic carbocycles. The molecule has 0 amide bonds. The Labute approximate surface area is 217 Å². The average Bonchev–Trinajstić information content (AvgIpc) is 3.02. The number of likely N-dealkylation sites (N-methyl/N-ethyl adjacent to an activating group) is 1. The Morgan fingerprint density at radius 2 is 1.83 bits per heavy atom. The first-order valence-electron chi connectivity index (χ1n) is 13.0. The van der Waals surface area contributed by atoms with Crippen LogP contribution >= 0.6 is 0 Å². The Bertz CT molecular complexity index is 1220. The second-order valence-corrected chi connectivity index (χ2v) is 10.1. The van der Waals surface area contributed by atoms with Crippen LogP contribution in [0, 0.1) is 6.92 Å². The molecule has 1 N–H and O–H groups in total. The maximum Gasteiger partial charge on any atom is 0.0451 e. The molecule has 1 atom stereocenters. The van der Waals surface area contributed by atoms with Gasteiger partial charge in [0.05, 0.1) is 0 Å². The molecule has 1 aromatic carbocycles. The van der Waals surface area contributed by atoms with Crippen molar-refractivity contribution in [2.75, 3.05) is 39.8 Å². The molecule has 2 aliphatic heterocycles. The van der Waals surface area contributed by atoms with Gasteiger partial charge < -0.3 is 15.1 Å². The second kappa shape index (κ2) is 11.1. The molecule has 36 heavy (non-hydrogen) atoms. The van der Waals surface area contributed by atoms with Crippen molar-refractivity contribution in [3.05, 3.63) is 108 Å². The number of rotatable bonds is 6. The number of nitrogens with one attached hydrogen (secondary N) is 1. The number of aryl methyl sites for hydroxylation is 1. The molecule has 0 bridgehead atoms. The maximum atomic E-state index is 4.75. The van der Waals surface area contributed by atoms with E-state index in [4.69, 9.17) is 4.98 Å². The normalized spacial score (nSPS) is 19.1. The molecule has 188 valence electrons. The SMILES string of the molecule is C=C1NCCC(C)c2cc(C(=C)c3cc(C(/C=C\C(=C)N4CCN(C)CC4)=C/C)cnc3C)ccc21. The van der Waals surface area contributed by atoms with E-state index >= 15 is 0 Å². The number of benzene rings is 1. The third-order valence-electron chi connectivity index (χ3n) is 7.59. The van der Waals surface area contributed by atoms with E-state index in [2.05, 4.69) is 105 Å². The van der Waals surface area contributed by atoms with E-state index in [9.17, 15) is 0 Å². The number of hydrogen-bond acceptors (Lipinski definition) is 4. The van der Waals surface area contributed by atoms with Gasteiger partial charge in [0.1, 0.15) is 0 Å². The quantitative estimate of drug-likeness (QED) is 0.496. The van der Waals surface area contributed by atoms with Crippen molar-refractivity contribution in [3.63, 3.8) is 0 Å². The zero-order valence-electron chi connectivity index (χ0n) is 22.4. The molecule has 4 rings (SSSR count). The average molecular weight is 481 g/mol. The molecule has 2 aliphatic rings. The van der Waals surface area contributed by atoms with Crippen molar-refractivity contribution in [3.8, 4) is 0 Å². The minimum absolute atomic E-state index is 0.471. The number of aromatic nitrogens is 1. The third kappa shape index (κ3) is 5.55. The standard InChI is InChI=1S/C32H40N4/c1-8-27(10-9-23(3)36-17-15-35(7)16-18-36)29-20-32(26(6)34-21-29)24(4)28-11-12-30-25(5)33-14-13-22(2)31(30)19-28/h8-12,19-22,33H,3-5,13-18H2,1-2,6-7H3/b10-9-,27-8+. The first-order valence-corrected chi connectivity index (χ1v) is 13.0. The van der Waals surface area contributed by atoms with Gasteiger partial charge >= 0.3 is 0 Å². The summed E-state index contributed by atoms with van der Waals surface area (Å²) >= 11 is 0. The van der Waals surface area contributed by atoms with Gasteiger partial charge in [0.15, 0.2) is 0 Å². The lowest BCUT2D eigenvalue weighted by Crippen LogP contribution is -2.43. The van der Waals surface area contributed by atoms with Crippen LogP contribution < -0.4 is 5.32 Å². The van der Waals surface area contributed by atoms with Crippen LogP contribution in [0.2, 0.25) is 0 Å². The highest BCUT2D eigenvalue weighted by Gasteiger charge is 2.19. The molecule has 1 unspecified atom stereocenters. The van der Waals surface area contributed by atoms with E-state index in [1.165, 1.54) is 11.1 Å². The highest BCUT2D eigenvalue weighted by Crippen LogP contribution is 2.34. The van der Waals surface area contributed by atoms with E-state index in [-0.39, 0.29) is 0 Å². The summed E-state index contributed by atoms with van der Waals surface area (Å²) in [6.45, 7) is 24.6. The fourth-order valence-electron chi connectivity index (χ4n) is 5.02. The smallest absolute Gasteiger partial charge is 0.0451 e. The monoisotopic (exact) mass is 480 g/mol. The fraction of sp³-hybridized carbons (Fsp3) is 0.344. The van der Waals surface area contributed by atoms with Gasteiger partial charge in [0.2, 0.25) is 0 Å². The predicted octanol–water partition coefficient (Wildman–Crippen LogP) is 6.24. The molecule has 4 nitrogen and oxygen atoms in total. The van der Waals surface area contributed by atoms with Gasteiger partial charge in [-0.3, -0.25) is 4.98 Å². The van der Waals surface area contributed by atoms with Gasteiger partial charge in [0.25, 0.3) is 0 Å². The van der Waals surface area contributed by atoms with Gasteiger partial charge in [-0.1, -0.05) is 57.0 Å². The van der Waals surface area contributed by atoms with E-state index in [0.29, 0.717) is 5.92 Å². The van der Waals surface area contributed by atoms with Crippen molar-refractivity contribution in [2.45, 2.75) is 33.1 Å². The molecule has 0 spiro atoms. The Hall–Kier alpha value is -3.37. The summed E-state index contributed by atoms with van der Waals surface area (Å²) in [5, 5.41) is 3.44. The Morgan fingerprint density at radius 3 is 2.56 bits per heavy atom. The molecule has 1 aromatic heterocycles. The fourth-order valence-corrected chi connectivity index (χ4v) is 5.02. The van der Waals surface area contributed by atoms with Gasteiger partial charge in [-0.05, 0) is 67.6 Å². The van der Waals surface area contributed by atoms with Crippen LogP contribution in [0.15, 0.2) is 74.1 Å². The number of piperazine rings is 1. The summed E-state index contributed by atoms with van der Waals surface area (Å²) in [7, 11) is 2.17. The number of pyridine rings is 1. The van der Waals surface area contributed by atoms with Crippen LogP contribution in [-0.2, 0) is 0 Å². The second-order valence-electron chi connectivity index (χ2n) is 10.1. The summed E-state index contributed by atoms with van der Waals surface area (Å²) < 4.78 is 0. The van der Waals surface area contributed by atoms with E-state index in [0.717, 1.165) is 84.1 Å². The van der Waals surface area contributed by atoms with Crippen molar-refractivity contribution >= 4 is 16.8 Å². The van der Waals surface area contributed by atoms with Gasteiger partial charge in [0, 0.05) is 72.7 Å². The van der Waals surface area contributed by atoms with E-state index < -0.39 is 0 Å². The Kier molecular flexibility index (Phi) is 7.95. The van der Waals surface area contributed by atoms with Crippen LogP contribution in [0.3, 0.4) is 0 Å². The van der Waals surface area contributed by atoms with Gasteiger partial charge in [-0.15, -0.1) is 0 Å². The summed E-state index contributed by atoms with van der Waals surface area (Å²) in [5.74, 6) is 0.471. The minimum Gasteiger partial charge on any atom is -0.385 e. The minimum atomic E-state index is 0.471. The first-order chi connectivity index (χ1) is 17.3. The zero-order chi connectivity index (χ0) is 25.8. The molecule has 4 heteroatoms. The van der Waals surface area contributed by atoms with Crippen LogP contribution in [0.1, 0.15) is 59.7 Å². The molecule has 3 heterocycles. The summed E-state index contributed by atoms with van der Waals surface area (Å²) in [4.78, 5) is 9.46. The molecule has 0 radical (unpaired) electrons. The van der Waals surface area contributed by atoms with Crippen LogP contribution in [0.4, 0.5) is 0 Å². The Balaban J connectivity index is 1.58. The highest BCUT2D eigenvalue weighted by molar-refractivity contribution is 5.84. The molecule has 0 saturated carbocycles. The number of fused-ring (bicyclic) bond motifs is 1. The van der Waals surface area contributed by atoms with Crippen molar-refractivity contribution in [1.82, 2.24) is 20.1 Å². The first kappa shape index (κ1) is 25.7. The predicted molar refractivity (Wildman–Crippen MR) is 155 cm³/mol. The lowest BCUT2D eigenvalue weighted by molar-refractivity contribution is 0.190. The molecule has 2 aromatic rings. The summed E-state index contributed by atoms with van der Waals surface area (Å²) in [6.07, 6.45) is 9.47. The third-order valence-corrected chi connectivity index (χ3v) is 7.59. The molecular formula is C32H40N4. The number of nitrogens with zero attached hydrogens (tertiary/aromatic N) is 3. The van der Waals surface area contributed by atoms with Crippen LogP contribution in [0.5, 0.6) is 0 Å². The number of allylic oxidation sites excluding steroid dienone is 4. The van der Waals surface area contributed by atoms with E-state index in [1.54, 1.807) is 0 Å². The summed E-state index contributed by atoms with van der Waals surface area (Å²) in [6, 6.07) is 8.86. The van der Waals surface area contributed by atoms with Crippen molar-refractivity contribution in [2.24, 2.45) is 0 Å². The number of hydrogen-bond donors (Lipinski definition) is 1. The maximum absolute atomic E-state index is 4.75. The largest absolute Gasteiger partial charge is 0.385 e. The molecule has 1 saturated heterocycles. The highest BCUT2D eigenvalue weighted by atomic mass is 15.2. The zero-order valence-corrected chi connectivity index (χ0v) is 22.4. The molecular weight excluding hydrogens is 440 g/mol. The molecule has 1 fully saturated rings. The summed E-state index contributed by atoms with van der Waals surface area (Å²) in [5.41, 5.74) is 11.0. The van der Waals surface area contributed by atoms with Gasteiger partial charge in [-0.25, -0.2) is 0 Å². The Morgan fingerprint density at radius 1 is 1.08 bits per heavy atom. The van der Waals surface area contributed by atoms with Crippen LogP contribution in [-0.4, -0.2) is 54.6 Å². The topological polar surface area (TPSA) is 31.4 Å². The van der Waals surface area contributed by atoms with E-state index in [1.807, 2.05) is 6.20 Å². The van der Waals surface area contributed by atoms with Crippen molar-refractivity contribution in [1.29, 1.82) is 0 Å². The van der Waals surface area contributed by atoms with Crippen molar-refractivity contribution < 1.29 is 0 Å². The lowest BCUT2D eigenvalue weighted by Gasteiger charge is -2.34. The van der Waals surface area contributed by atoms with Crippen LogP contribution in [0.25, 0.3) is 16.8 Å². The van der Waals surface area contributed by atoms with Gasteiger partial charge in [-0.2, -0.15) is 0 Å².